The van der Waals surface area contributed by atoms with E-state index in [1.165, 1.54) is 6.92 Å². The number of hydrogen-bond donors (Lipinski definition) is 1. The number of hydrogen-bond acceptors (Lipinski definition) is 9. The summed E-state index contributed by atoms with van der Waals surface area (Å²) in [5.74, 6) is 0.882. The van der Waals surface area contributed by atoms with Gasteiger partial charge in [-0.1, -0.05) is 24.4 Å². The molecule has 3 fully saturated rings. The van der Waals surface area contributed by atoms with Crippen molar-refractivity contribution in [3.05, 3.63) is 44.8 Å². The second kappa shape index (κ2) is 10.3. The third-order valence-electron chi connectivity index (χ3n) is 9.33. The molecule has 2 saturated heterocycles. The number of fused-ring (bicyclic) bond motifs is 4. The number of rotatable bonds is 5. The summed E-state index contributed by atoms with van der Waals surface area (Å²) in [4.78, 5) is 42.7. The van der Waals surface area contributed by atoms with E-state index in [0.29, 0.717) is 34.8 Å². The number of aryl methyl sites for hydroxylation is 1. The molecule has 2 aromatic heterocycles. The quantitative estimate of drug-likeness (QED) is 0.451. The molecule has 1 saturated carbocycles. The fraction of sp³-hybridized carbons (Fsp3) is 0.533. The predicted octanol–water partition coefficient (Wildman–Crippen LogP) is 4.01. The lowest BCUT2D eigenvalue weighted by Gasteiger charge is -2.51. The number of carbonyl (C=O) groups is 1. The van der Waals surface area contributed by atoms with Crippen LogP contribution in [0.4, 0.5) is 17.3 Å². The Labute approximate surface area is 244 Å². The van der Waals surface area contributed by atoms with E-state index in [0.717, 1.165) is 80.9 Å². The van der Waals surface area contributed by atoms with Crippen LogP contribution in [0.1, 0.15) is 54.6 Å². The van der Waals surface area contributed by atoms with Crippen LogP contribution in [-0.2, 0) is 0 Å². The first-order valence-corrected chi connectivity index (χ1v) is 15.0. The number of pyridine rings is 1. The maximum absolute atomic E-state index is 13.5. The van der Waals surface area contributed by atoms with Crippen molar-refractivity contribution in [1.82, 2.24) is 24.3 Å². The molecule has 216 valence electrons. The van der Waals surface area contributed by atoms with Gasteiger partial charge < -0.3 is 19.9 Å². The Bertz CT molecular complexity index is 1600. The van der Waals surface area contributed by atoms with Crippen LogP contribution in [0.25, 0.3) is 11.0 Å². The highest BCUT2D eigenvalue weighted by Crippen LogP contribution is 2.44. The number of likely N-dealkylation sites (N-methyl/N-ethyl adjacent to an activating group) is 1. The molecule has 0 bridgehead atoms. The topological polar surface area (TPSA) is 95.8 Å². The molecular formula is C30H36ClN7O3. The lowest BCUT2D eigenvalue weighted by Crippen LogP contribution is -2.65. The summed E-state index contributed by atoms with van der Waals surface area (Å²) in [5.41, 5.74) is 2.81. The highest BCUT2D eigenvalue weighted by molar-refractivity contribution is 6.34. The predicted molar refractivity (Wildman–Crippen MR) is 160 cm³/mol. The third kappa shape index (κ3) is 4.56. The summed E-state index contributed by atoms with van der Waals surface area (Å²) in [6.07, 6.45) is 5.61. The van der Waals surface area contributed by atoms with Crippen LogP contribution in [0.5, 0.6) is 5.75 Å². The summed E-state index contributed by atoms with van der Waals surface area (Å²) in [6, 6.07) is 4.78. The van der Waals surface area contributed by atoms with Crippen LogP contribution in [0, 0.1) is 6.92 Å². The molecule has 4 aliphatic rings. The first-order valence-electron chi connectivity index (χ1n) is 14.6. The number of ether oxygens (including phenoxy) is 1. The smallest absolute Gasteiger partial charge is 0.263 e. The van der Waals surface area contributed by atoms with E-state index in [-0.39, 0.29) is 29.0 Å². The standard InChI is InChI=1S/C30H36ClN7O3/c1-17-23-12-32-30(34-28(23)38(20-6-4-5-7-20)29(40)26(17)18(2)39)33-19-10-24(31)27-25(11-19)41-16-22-15-36(8-9-37(22)27)21-13-35(3)14-21/h10-12,20-22H,4-9,13-16H2,1-3H3,(H,32,33,34)/t22-/m0/s1. The Morgan fingerprint density at radius 1 is 1.10 bits per heavy atom. The Morgan fingerprint density at radius 3 is 2.61 bits per heavy atom. The fourth-order valence-electron chi connectivity index (χ4n) is 7.20. The van der Waals surface area contributed by atoms with Crippen molar-refractivity contribution in [1.29, 1.82) is 0 Å². The van der Waals surface area contributed by atoms with E-state index in [9.17, 15) is 9.59 Å². The summed E-state index contributed by atoms with van der Waals surface area (Å²) in [6.45, 7) is 9.04. The third-order valence-corrected chi connectivity index (χ3v) is 9.62. The Kier molecular flexibility index (Phi) is 6.67. The average molecular weight is 578 g/mol. The maximum atomic E-state index is 13.5. The zero-order chi connectivity index (χ0) is 28.4. The number of nitrogens with zero attached hydrogens (tertiary/aromatic N) is 6. The Hall–Kier alpha value is -3.21. The number of halogens is 1. The minimum absolute atomic E-state index is 0.0247. The van der Waals surface area contributed by atoms with Gasteiger partial charge in [0.15, 0.2) is 5.78 Å². The van der Waals surface area contributed by atoms with Crippen molar-refractivity contribution in [3.63, 3.8) is 0 Å². The van der Waals surface area contributed by atoms with Gasteiger partial charge in [0.1, 0.15) is 18.0 Å². The number of ketones is 1. The minimum atomic E-state index is -0.261. The van der Waals surface area contributed by atoms with E-state index in [4.69, 9.17) is 21.3 Å². The monoisotopic (exact) mass is 577 g/mol. The molecule has 5 heterocycles. The van der Waals surface area contributed by atoms with Gasteiger partial charge in [-0.15, -0.1) is 0 Å². The van der Waals surface area contributed by atoms with Gasteiger partial charge in [-0.3, -0.25) is 19.1 Å². The van der Waals surface area contributed by atoms with Gasteiger partial charge in [0.05, 0.1) is 22.3 Å². The second-order valence-corrected chi connectivity index (χ2v) is 12.5. The van der Waals surface area contributed by atoms with E-state index < -0.39 is 0 Å². The summed E-state index contributed by atoms with van der Waals surface area (Å²) in [7, 11) is 2.17. The molecule has 11 heteroatoms. The molecule has 3 aromatic rings. The van der Waals surface area contributed by atoms with Gasteiger partial charge in [-0.05, 0) is 45.4 Å². The number of aromatic nitrogens is 3. The zero-order valence-electron chi connectivity index (χ0n) is 23.8. The normalized spacial score (nSPS) is 21.9. The molecule has 1 atom stereocenters. The number of Topliss-reactive ketones (excluding diaryl/α,β-unsaturated/α-hetero) is 1. The van der Waals surface area contributed by atoms with Crippen molar-refractivity contribution in [3.8, 4) is 5.75 Å². The van der Waals surface area contributed by atoms with Crippen molar-refractivity contribution < 1.29 is 9.53 Å². The van der Waals surface area contributed by atoms with Crippen molar-refractivity contribution in [2.45, 2.75) is 57.7 Å². The van der Waals surface area contributed by atoms with Gasteiger partial charge in [0, 0.05) is 68.1 Å². The Morgan fingerprint density at radius 2 is 1.88 bits per heavy atom. The lowest BCUT2D eigenvalue weighted by molar-refractivity contribution is 0.0325. The van der Waals surface area contributed by atoms with Gasteiger partial charge >= 0.3 is 0 Å². The highest BCUT2D eigenvalue weighted by atomic mass is 35.5. The SMILES string of the molecule is CC(=O)c1c(C)c2cnc(Nc3cc(Cl)c4c(c3)OC[C@@H]3CN(C5CN(C)C5)CCN43)nc2n(C2CCCC2)c1=O. The number of anilines is 3. The molecule has 1 N–H and O–H groups in total. The first-order chi connectivity index (χ1) is 19.8. The number of piperazine rings is 1. The molecule has 7 rings (SSSR count). The van der Waals surface area contributed by atoms with Crippen LogP contribution in [-0.4, -0.2) is 88.6 Å². The average Bonchev–Trinajstić information content (AvgIpc) is 3.45. The van der Waals surface area contributed by atoms with Crippen molar-refractivity contribution >= 4 is 45.7 Å². The van der Waals surface area contributed by atoms with E-state index in [1.54, 1.807) is 17.7 Å². The molecule has 41 heavy (non-hydrogen) atoms. The molecule has 1 aliphatic carbocycles. The van der Waals surface area contributed by atoms with Gasteiger partial charge in [0.2, 0.25) is 5.95 Å². The fourth-order valence-corrected chi connectivity index (χ4v) is 7.52. The molecule has 10 nitrogen and oxygen atoms in total. The lowest BCUT2D eigenvalue weighted by atomic mass is 10.0. The summed E-state index contributed by atoms with van der Waals surface area (Å²) in [5, 5.41) is 4.64. The molecule has 0 unspecified atom stereocenters. The molecule has 1 aromatic carbocycles. The number of carbonyl (C=O) groups excluding carboxylic acids is 1. The molecule has 0 amide bonds. The molecular weight excluding hydrogens is 542 g/mol. The van der Waals surface area contributed by atoms with Crippen LogP contribution in [0.3, 0.4) is 0 Å². The first kappa shape index (κ1) is 26.7. The molecule has 0 spiro atoms. The maximum Gasteiger partial charge on any atom is 0.263 e. The number of benzene rings is 1. The summed E-state index contributed by atoms with van der Waals surface area (Å²) < 4.78 is 7.98. The minimum Gasteiger partial charge on any atom is -0.489 e. The number of nitrogens with one attached hydrogen (secondary N) is 1. The van der Waals surface area contributed by atoms with Crippen LogP contribution in [0.2, 0.25) is 5.02 Å². The van der Waals surface area contributed by atoms with E-state index in [1.807, 2.05) is 12.1 Å². The van der Waals surface area contributed by atoms with E-state index in [2.05, 4.69) is 32.0 Å². The van der Waals surface area contributed by atoms with Gasteiger partial charge in [-0.25, -0.2) is 4.98 Å². The van der Waals surface area contributed by atoms with Gasteiger partial charge in [0.25, 0.3) is 5.56 Å². The van der Waals surface area contributed by atoms with Gasteiger partial charge in [-0.2, -0.15) is 4.98 Å². The number of likely N-dealkylation sites (tertiary alicyclic amines) is 1. The molecule has 3 aliphatic heterocycles. The van der Waals surface area contributed by atoms with E-state index >= 15 is 0 Å². The Balaban J connectivity index is 1.19. The second-order valence-electron chi connectivity index (χ2n) is 12.1. The molecule has 0 radical (unpaired) electrons. The van der Waals surface area contributed by atoms with Crippen LogP contribution < -0.4 is 20.5 Å². The van der Waals surface area contributed by atoms with Crippen molar-refractivity contribution in [2.24, 2.45) is 0 Å². The van der Waals surface area contributed by atoms with Crippen LogP contribution >= 0.6 is 11.6 Å². The van der Waals surface area contributed by atoms with Crippen LogP contribution in [0.15, 0.2) is 23.1 Å². The summed E-state index contributed by atoms with van der Waals surface area (Å²) >= 11 is 6.88. The van der Waals surface area contributed by atoms with Crippen molar-refractivity contribution in [2.75, 3.05) is 56.6 Å². The largest absolute Gasteiger partial charge is 0.489 e. The zero-order valence-corrected chi connectivity index (χ0v) is 24.6. The highest BCUT2D eigenvalue weighted by Gasteiger charge is 2.39.